The first-order valence-electron chi connectivity index (χ1n) is 5.88. The van der Waals surface area contributed by atoms with Crippen LogP contribution in [-0.2, 0) is 17.8 Å². The molecule has 2 heterocycles. The molecule has 1 unspecified atom stereocenters. The molecule has 0 aliphatic carbocycles. The maximum Gasteiger partial charge on any atom is 0.226 e. The van der Waals surface area contributed by atoms with Crippen molar-refractivity contribution in [1.82, 2.24) is 15.5 Å². The Morgan fingerprint density at radius 2 is 2.44 bits per heavy atom. The molecule has 1 aliphatic heterocycles. The van der Waals surface area contributed by atoms with Gasteiger partial charge in [-0.2, -0.15) is 4.98 Å². The molecule has 5 heteroatoms. The van der Waals surface area contributed by atoms with Crippen LogP contribution in [0.2, 0.25) is 0 Å². The molecule has 0 radical (unpaired) electrons. The zero-order valence-electron chi connectivity index (χ0n) is 9.95. The van der Waals surface area contributed by atoms with E-state index < -0.39 is 0 Å². The van der Waals surface area contributed by atoms with Gasteiger partial charge in [0.05, 0.1) is 5.60 Å². The largest absolute Gasteiger partial charge is 0.366 e. The molecule has 0 aromatic carbocycles. The standard InChI is InChI=1S/C11H19N3O2/c1-3-10-13-9(14-16-10)7-15-11(2)5-4-6-12-8-11/h12H,3-8H2,1-2H3. The minimum Gasteiger partial charge on any atom is -0.366 e. The normalized spacial score (nSPS) is 25.9. The Morgan fingerprint density at radius 3 is 3.06 bits per heavy atom. The topological polar surface area (TPSA) is 60.2 Å². The van der Waals surface area contributed by atoms with Gasteiger partial charge in [-0.3, -0.25) is 0 Å². The number of nitrogens with one attached hydrogen (secondary N) is 1. The summed E-state index contributed by atoms with van der Waals surface area (Å²) < 4.78 is 10.9. The van der Waals surface area contributed by atoms with Crippen molar-refractivity contribution in [2.45, 2.75) is 45.3 Å². The Morgan fingerprint density at radius 1 is 1.56 bits per heavy atom. The quantitative estimate of drug-likeness (QED) is 0.836. The number of hydrogen-bond donors (Lipinski definition) is 1. The van der Waals surface area contributed by atoms with Crippen molar-refractivity contribution in [3.63, 3.8) is 0 Å². The molecule has 0 amide bonds. The van der Waals surface area contributed by atoms with Gasteiger partial charge in [0.15, 0.2) is 5.82 Å². The first-order valence-corrected chi connectivity index (χ1v) is 5.88. The lowest BCUT2D eigenvalue weighted by molar-refractivity contribution is -0.0600. The summed E-state index contributed by atoms with van der Waals surface area (Å²) >= 11 is 0. The predicted molar refractivity (Wildman–Crippen MR) is 59.0 cm³/mol. The minimum atomic E-state index is -0.0920. The number of aryl methyl sites for hydroxylation is 1. The molecular weight excluding hydrogens is 206 g/mol. The van der Waals surface area contributed by atoms with E-state index in [0.29, 0.717) is 18.3 Å². The van der Waals surface area contributed by atoms with Crippen LogP contribution in [0.5, 0.6) is 0 Å². The van der Waals surface area contributed by atoms with E-state index in [2.05, 4.69) is 22.4 Å². The fourth-order valence-electron chi connectivity index (χ4n) is 1.88. The van der Waals surface area contributed by atoms with Crippen LogP contribution in [0, 0.1) is 0 Å². The summed E-state index contributed by atoms with van der Waals surface area (Å²) in [6.07, 6.45) is 3.01. The van der Waals surface area contributed by atoms with E-state index in [0.717, 1.165) is 32.4 Å². The molecule has 5 nitrogen and oxygen atoms in total. The number of piperidine rings is 1. The van der Waals surface area contributed by atoms with Gasteiger partial charge in [-0.25, -0.2) is 0 Å². The van der Waals surface area contributed by atoms with Crippen LogP contribution in [-0.4, -0.2) is 28.8 Å². The van der Waals surface area contributed by atoms with E-state index in [1.54, 1.807) is 0 Å². The molecule has 0 bridgehead atoms. The average molecular weight is 225 g/mol. The van der Waals surface area contributed by atoms with Crippen LogP contribution < -0.4 is 5.32 Å². The van der Waals surface area contributed by atoms with E-state index in [4.69, 9.17) is 9.26 Å². The van der Waals surface area contributed by atoms with Crippen molar-refractivity contribution < 1.29 is 9.26 Å². The highest BCUT2D eigenvalue weighted by molar-refractivity contribution is 4.87. The van der Waals surface area contributed by atoms with Crippen LogP contribution in [0.3, 0.4) is 0 Å². The lowest BCUT2D eigenvalue weighted by Gasteiger charge is -2.33. The molecule has 2 rings (SSSR count). The second kappa shape index (κ2) is 4.93. The SMILES string of the molecule is CCc1nc(COC2(C)CCCNC2)no1. The maximum atomic E-state index is 5.87. The Kier molecular flexibility index (Phi) is 3.56. The molecule has 1 aliphatic rings. The van der Waals surface area contributed by atoms with Crippen LogP contribution in [0.4, 0.5) is 0 Å². The lowest BCUT2D eigenvalue weighted by Crippen LogP contribution is -2.45. The smallest absolute Gasteiger partial charge is 0.226 e. The van der Waals surface area contributed by atoms with Crippen LogP contribution >= 0.6 is 0 Å². The highest BCUT2D eigenvalue weighted by atomic mass is 16.5. The molecule has 1 fully saturated rings. The van der Waals surface area contributed by atoms with Gasteiger partial charge in [0, 0.05) is 13.0 Å². The van der Waals surface area contributed by atoms with Gasteiger partial charge in [0.1, 0.15) is 6.61 Å². The number of ether oxygens (including phenoxy) is 1. The molecular formula is C11H19N3O2. The number of rotatable bonds is 4. The van der Waals surface area contributed by atoms with E-state index in [-0.39, 0.29) is 5.60 Å². The molecule has 0 spiro atoms. The summed E-state index contributed by atoms with van der Waals surface area (Å²) in [5.41, 5.74) is -0.0920. The van der Waals surface area contributed by atoms with Crippen molar-refractivity contribution >= 4 is 0 Å². The Bertz CT molecular complexity index is 332. The summed E-state index contributed by atoms with van der Waals surface area (Å²) in [5.74, 6) is 1.31. The second-order valence-electron chi connectivity index (χ2n) is 4.48. The van der Waals surface area contributed by atoms with Crippen molar-refractivity contribution in [1.29, 1.82) is 0 Å². The zero-order valence-corrected chi connectivity index (χ0v) is 9.95. The van der Waals surface area contributed by atoms with Gasteiger partial charge < -0.3 is 14.6 Å². The third kappa shape index (κ3) is 2.80. The molecule has 1 atom stereocenters. The fraction of sp³-hybridized carbons (Fsp3) is 0.818. The van der Waals surface area contributed by atoms with Crippen molar-refractivity contribution in [2.75, 3.05) is 13.1 Å². The molecule has 1 N–H and O–H groups in total. The summed E-state index contributed by atoms with van der Waals surface area (Å²) in [6.45, 7) is 6.53. The molecule has 90 valence electrons. The first kappa shape index (κ1) is 11.5. The molecule has 1 aromatic heterocycles. The third-order valence-corrected chi connectivity index (χ3v) is 2.92. The molecule has 1 aromatic rings. The summed E-state index contributed by atoms with van der Waals surface area (Å²) in [4.78, 5) is 4.22. The van der Waals surface area contributed by atoms with E-state index in [1.165, 1.54) is 0 Å². The lowest BCUT2D eigenvalue weighted by atomic mass is 9.96. The Balaban J connectivity index is 1.86. The molecule has 16 heavy (non-hydrogen) atoms. The van der Waals surface area contributed by atoms with E-state index >= 15 is 0 Å². The Hall–Kier alpha value is -0.940. The van der Waals surface area contributed by atoms with E-state index in [9.17, 15) is 0 Å². The zero-order chi connectivity index (χ0) is 11.4. The number of nitrogens with zero attached hydrogens (tertiary/aromatic N) is 2. The number of hydrogen-bond acceptors (Lipinski definition) is 5. The summed E-state index contributed by atoms with van der Waals surface area (Å²) in [7, 11) is 0. The van der Waals surface area contributed by atoms with Gasteiger partial charge in [-0.15, -0.1) is 0 Å². The van der Waals surface area contributed by atoms with Gasteiger partial charge in [-0.05, 0) is 26.3 Å². The second-order valence-corrected chi connectivity index (χ2v) is 4.48. The van der Waals surface area contributed by atoms with Gasteiger partial charge in [0.2, 0.25) is 5.89 Å². The summed E-state index contributed by atoms with van der Waals surface area (Å²) in [6, 6.07) is 0. The maximum absolute atomic E-state index is 5.87. The number of aromatic nitrogens is 2. The van der Waals surface area contributed by atoms with Gasteiger partial charge >= 0.3 is 0 Å². The van der Waals surface area contributed by atoms with Crippen molar-refractivity contribution in [3.05, 3.63) is 11.7 Å². The highest BCUT2D eigenvalue weighted by Gasteiger charge is 2.27. The van der Waals surface area contributed by atoms with E-state index in [1.807, 2.05) is 6.92 Å². The van der Waals surface area contributed by atoms with Crippen LogP contribution in [0.1, 0.15) is 38.4 Å². The van der Waals surface area contributed by atoms with Gasteiger partial charge in [0.25, 0.3) is 0 Å². The van der Waals surface area contributed by atoms with Gasteiger partial charge in [-0.1, -0.05) is 12.1 Å². The van der Waals surface area contributed by atoms with Crippen molar-refractivity contribution in [2.24, 2.45) is 0 Å². The fourth-order valence-corrected chi connectivity index (χ4v) is 1.88. The Labute approximate surface area is 95.6 Å². The minimum absolute atomic E-state index is 0.0920. The van der Waals surface area contributed by atoms with Crippen LogP contribution in [0.15, 0.2) is 4.52 Å². The highest BCUT2D eigenvalue weighted by Crippen LogP contribution is 2.21. The first-order chi connectivity index (χ1) is 7.72. The average Bonchev–Trinajstić information content (AvgIpc) is 2.75. The molecule has 1 saturated heterocycles. The van der Waals surface area contributed by atoms with Crippen LogP contribution in [0.25, 0.3) is 0 Å². The molecule has 0 saturated carbocycles. The third-order valence-electron chi connectivity index (χ3n) is 2.92. The monoisotopic (exact) mass is 225 g/mol. The predicted octanol–water partition coefficient (Wildman–Crippen LogP) is 1.29. The van der Waals surface area contributed by atoms with Crippen molar-refractivity contribution in [3.8, 4) is 0 Å². The summed E-state index contributed by atoms with van der Waals surface area (Å²) in [5, 5.41) is 7.21.